The number of nitrogens with one attached hydrogen (secondary N) is 2. The number of hydrogen-bond donors (Lipinski definition) is 2. The van der Waals surface area contributed by atoms with Gasteiger partial charge in [-0.3, -0.25) is 9.67 Å². The molecule has 2 heterocycles. The Hall–Kier alpha value is -2.25. The summed E-state index contributed by atoms with van der Waals surface area (Å²) in [6.07, 6.45) is 5.35. The molecule has 0 radical (unpaired) electrons. The molecule has 1 atom stereocenters. The lowest BCUT2D eigenvalue weighted by Crippen LogP contribution is -2.50. The highest BCUT2D eigenvalue weighted by Crippen LogP contribution is 2.11. The fraction of sp³-hybridized carbons (Fsp3) is 0.722. The van der Waals surface area contributed by atoms with Gasteiger partial charge in [-0.2, -0.15) is 5.10 Å². The summed E-state index contributed by atoms with van der Waals surface area (Å²) in [4.78, 5) is 18.3. The molecule has 146 valence electrons. The van der Waals surface area contributed by atoms with E-state index in [1.54, 1.807) is 11.1 Å². The van der Waals surface area contributed by atoms with Crippen LogP contribution in [0.4, 0.5) is 4.79 Å². The van der Waals surface area contributed by atoms with Gasteiger partial charge in [0.2, 0.25) is 0 Å². The second-order valence-corrected chi connectivity index (χ2v) is 6.66. The minimum atomic E-state index is -0.209. The van der Waals surface area contributed by atoms with Gasteiger partial charge >= 0.3 is 6.09 Å². The lowest BCUT2D eigenvalue weighted by Gasteiger charge is -2.32. The quantitative estimate of drug-likeness (QED) is 0.568. The van der Waals surface area contributed by atoms with Crippen molar-refractivity contribution in [2.45, 2.75) is 46.2 Å². The number of hydrogen-bond acceptors (Lipinski definition) is 4. The molecule has 0 bridgehead atoms. The largest absolute Gasteiger partial charge is 0.450 e. The third-order valence-corrected chi connectivity index (χ3v) is 4.33. The number of piperidine rings is 1. The van der Waals surface area contributed by atoms with Gasteiger partial charge in [0.05, 0.1) is 6.61 Å². The molecule has 1 amide bonds. The topological polar surface area (TPSA) is 83.8 Å². The van der Waals surface area contributed by atoms with Crippen molar-refractivity contribution in [3.63, 3.8) is 0 Å². The molecule has 1 unspecified atom stereocenters. The van der Waals surface area contributed by atoms with Crippen molar-refractivity contribution in [1.82, 2.24) is 25.3 Å². The Kier molecular flexibility index (Phi) is 8.24. The van der Waals surface area contributed by atoms with E-state index in [4.69, 9.17) is 9.73 Å². The molecule has 1 aliphatic heterocycles. The maximum Gasteiger partial charge on any atom is 0.409 e. The zero-order chi connectivity index (χ0) is 18.8. The zero-order valence-corrected chi connectivity index (χ0v) is 16.1. The molecule has 26 heavy (non-hydrogen) atoms. The van der Waals surface area contributed by atoms with Crippen LogP contribution in [0.1, 0.15) is 33.6 Å². The summed E-state index contributed by atoms with van der Waals surface area (Å²) in [6, 6.07) is 2.25. The monoisotopic (exact) mass is 364 g/mol. The molecular formula is C18H32N6O2. The molecular weight excluding hydrogens is 332 g/mol. The van der Waals surface area contributed by atoms with Crippen molar-refractivity contribution in [1.29, 1.82) is 0 Å². The predicted octanol–water partition coefficient (Wildman–Crippen LogP) is 1.70. The van der Waals surface area contributed by atoms with Crippen LogP contribution < -0.4 is 10.6 Å². The van der Waals surface area contributed by atoms with Gasteiger partial charge in [-0.25, -0.2) is 4.79 Å². The number of nitrogens with zero attached hydrogens (tertiary/aromatic N) is 4. The van der Waals surface area contributed by atoms with E-state index in [1.165, 1.54) is 0 Å². The minimum Gasteiger partial charge on any atom is -0.450 e. The lowest BCUT2D eigenvalue weighted by atomic mass is 10.1. The van der Waals surface area contributed by atoms with Crippen molar-refractivity contribution in [3.8, 4) is 0 Å². The second-order valence-electron chi connectivity index (χ2n) is 6.66. The van der Waals surface area contributed by atoms with Crippen molar-refractivity contribution in [2.24, 2.45) is 10.9 Å². The molecule has 0 aromatic carbocycles. The molecule has 0 saturated carbocycles. The van der Waals surface area contributed by atoms with Gasteiger partial charge in [0.15, 0.2) is 5.96 Å². The summed E-state index contributed by atoms with van der Waals surface area (Å²) < 4.78 is 7.00. The second kappa shape index (κ2) is 10.7. The number of aliphatic imine (C=N–C) groups is 1. The third kappa shape index (κ3) is 6.57. The summed E-state index contributed by atoms with van der Waals surface area (Å²) >= 11 is 0. The maximum absolute atomic E-state index is 11.8. The van der Waals surface area contributed by atoms with Crippen molar-refractivity contribution < 1.29 is 9.53 Å². The Morgan fingerprint density at radius 2 is 2.15 bits per heavy atom. The van der Waals surface area contributed by atoms with Crippen LogP contribution >= 0.6 is 0 Å². The van der Waals surface area contributed by atoms with E-state index in [2.05, 4.69) is 29.6 Å². The van der Waals surface area contributed by atoms with E-state index < -0.39 is 0 Å². The molecule has 1 aliphatic rings. The number of carbonyl (C=O) groups excluding carboxylic acids is 1. The van der Waals surface area contributed by atoms with E-state index >= 15 is 0 Å². The Labute approximate surface area is 156 Å². The number of likely N-dealkylation sites (tertiary alicyclic amines) is 1. The Morgan fingerprint density at radius 1 is 1.38 bits per heavy atom. The average Bonchev–Trinajstić information content (AvgIpc) is 3.13. The molecule has 0 spiro atoms. The third-order valence-electron chi connectivity index (χ3n) is 4.33. The van der Waals surface area contributed by atoms with Crippen LogP contribution in [0.15, 0.2) is 23.5 Å². The van der Waals surface area contributed by atoms with E-state index in [0.29, 0.717) is 31.7 Å². The number of ether oxygens (including phenoxy) is 1. The van der Waals surface area contributed by atoms with Crippen LogP contribution in [0.3, 0.4) is 0 Å². The number of guanidine groups is 1. The number of aromatic nitrogens is 2. The van der Waals surface area contributed by atoms with Gasteiger partial charge in [-0.15, -0.1) is 0 Å². The molecule has 0 aliphatic carbocycles. The maximum atomic E-state index is 11.8. The standard InChI is InChI=1S/C18H32N6O2/c1-4-19-17(20-13-15(3)14-24-10-6-9-21-24)22-16-7-11-23(12-8-16)18(25)26-5-2/h6,9-10,15-16H,4-5,7-8,11-14H2,1-3H3,(H2,19,20,22). The molecule has 2 N–H and O–H groups in total. The van der Waals surface area contributed by atoms with Crippen molar-refractivity contribution >= 4 is 12.1 Å². The van der Waals surface area contributed by atoms with Crippen LogP contribution in [0.25, 0.3) is 0 Å². The van der Waals surface area contributed by atoms with E-state index in [0.717, 1.165) is 38.4 Å². The number of rotatable bonds is 7. The molecule has 8 nitrogen and oxygen atoms in total. The fourth-order valence-electron chi connectivity index (χ4n) is 2.97. The van der Waals surface area contributed by atoms with E-state index in [9.17, 15) is 4.79 Å². The molecule has 1 aromatic rings. The van der Waals surface area contributed by atoms with E-state index in [-0.39, 0.29) is 6.09 Å². The summed E-state index contributed by atoms with van der Waals surface area (Å²) in [7, 11) is 0. The van der Waals surface area contributed by atoms with Crippen LogP contribution in [-0.2, 0) is 11.3 Å². The van der Waals surface area contributed by atoms with Crippen LogP contribution in [-0.4, -0.2) is 65.6 Å². The Morgan fingerprint density at radius 3 is 2.77 bits per heavy atom. The first-order valence-electron chi connectivity index (χ1n) is 9.56. The van der Waals surface area contributed by atoms with Crippen LogP contribution in [0.2, 0.25) is 0 Å². The molecule has 1 aromatic heterocycles. The normalized spacial score (nSPS) is 17.0. The van der Waals surface area contributed by atoms with Gasteiger partial charge in [-0.05, 0) is 38.7 Å². The van der Waals surface area contributed by atoms with Gasteiger partial charge in [-0.1, -0.05) is 6.92 Å². The SMILES string of the molecule is CCNC(=NCC(C)Cn1cccn1)NC1CCN(C(=O)OCC)CC1. The average molecular weight is 364 g/mol. The number of amides is 1. The van der Waals surface area contributed by atoms with Gasteiger partial charge in [0, 0.05) is 51.2 Å². The van der Waals surface area contributed by atoms with E-state index in [1.807, 2.05) is 23.9 Å². The fourth-order valence-corrected chi connectivity index (χ4v) is 2.97. The van der Waals surface area contributed by atoms with Crippen LogP contribution in [0.5, 0.6) is 0 Å². The smallest absolute Gasteiger partial charge is 0.409 e. The molecule has 1 saturated heterocycles. The minimum absolute atomic E-state index is 0.209. The summed E-state index contributed by atoms with van der Waals surface area (Å²) in [5.41, 5.74) is 0. The molecule has 8 heteroatoms. The van der Waals surface area contributed by atoms with Crippen molar-refractivity contribution in [2.75, 3.05) is 32.8 Å². The highest BCUT2D eigenvalue weighted by atomic mass is 16.6. The summed E-state index contributed by atoms with van der Waals surface area (Å²) in [6.45, 7) is 10.3. The first-order valence-corrected chi connectivity index (χ1v) is 9.56. The zero-order valence-electron chi connectivity index (χ0n) is 16.1. The van der Waals surface area contributed by atoms with Gasteiger partial charge in [0.25, 0.3) is 0 Å². The van der Waals surface area contributed by atoms with Crippen LogP contribution in [0, 0.1) is 5.92 Å². The predicted molar refractivity (Wildman–Crippen MR) is 102 cm³/mol. The number of carbonyl (C=O) groups is 1. The highest BCUT2D eigenvalue weighted by Gasteiger charge is 2.24. The Bertz CT molecular complexity index is 552. The highest BCUT2D eigenvalue weighted by molar-refractivity contribution is 5.80. The molecule has 1 fully saturated rings. The summed E-state index contributed by atoms with van der Waals surface area (Å²) in [5.74, 6) is 1.24. The lowest BCUT2D eigenvalue weighted by molar-refractivity contribution is 0.0963. The first-order chi connectivity index (χ1) is 12.6. The Balaban J connectivity index is 1.79. The molecule has 2 rings (SSSR count). The first kappa shape index (κ1) is 20.1. The summed E-state index contributed by atoms with van der Waals surface area (Å²) in [5, 5.41) is 11.1. The van der Waals surface area contributed by atoms with Gasteiger partial charge < -0.3 is 20.3 Å². The van der Waals surface area contributed by atoms with Crippen molar-refractivity contribution in [3.05, 3.63) is 18.5 Å². The van der Waals surface area contributed by atoms with Gasteiger partial charge in [0.1, 0.15) is 0 Å².